The van der Waals surface area contributed by atoms with E-state index in [9.17, 15) is 14.7 Å². The van der Waals surface area contributed by atoms with Crippen molar-refractivity contribution in [3.8, 4) is 0 Å². The van der Waals surface area contributed by atoms with E-state index in [0.717, 1.165) is 22.2 Å². The average molecular weight is 358 g/mol. The minimum atomic E-state index is -1.34. The number of thioether (sulfide) groups is 1. The summed E-state index contributed by atoms with van der Waals surface area (Å²) in [4.78, 5) is 25.6. The van der Waals surface area contributed by atoms with Crippen molar-refractivity contribution in [3.63, 3.8) is 0 Å². The highest BCUT2D eigenvalue weighted by atomic mass is 32.2. The highest BCUT2D eigenvalue weighted by molar-refractivity contribution is 8.26. The summed E-state index contributed by atoms with van der Waals surface area (Å²) in [6, 6.07) is 11.3. The van der Waals surface area contributed by atoms with Crippen LogP contribution in [0.3, 0.4) is 0 Å². The molecule has 0 bridgehead atoms. The lowest BCUT2D eigenvalue weighted by atomic mass is 10.0. The van der Waals surface area contributed by atoms with Gasteiger partial charge in [0.25, 0.3) is 5.91 Å². The summed E-state index contributed by atoms with van der Waals surface area (Å²) in [6.07, 6.45) is 3.17. The molecule has 5 nitrogen and oxygen atoms in total. The van der Waals surface area contributed by atoms with Gasteiger partial charge in [0.2, 0.25) is 0 Å². The average Bonchev–Trinajstić information content (AvgIpc) is 3.16. The molecule has 2 heterocycles. The number of aliphatic carboxylic acids is 1. The molecule has 1 saturated heterocycles. The number of thiocarbonyl (C=S) groups is 1. The third-order valence-electron chi connectivity index (χ3n) is 3.50. The molecule has 0 N–H and O–H groups in total. The second kappa shape index (κ2) is 7.02. The Hall–Kier alpha value is -2.38. The Bertz CT molecular complexity index is 799. The van der Waals surface area contributed by atoms with Gasteiger partial charge >= 0.3 is 0 Å². The molecule has 122 valence electrons. The smallest absolute Gasteiger partial charge is 0.266 e. The van der Waals surface area contributed by atoms with E-state index in [1.54, 1.807) is 30.3 Å². The van der Waals surface area contributed by atoms with Crippen LogP contribution in [0.2, 0.25) is 0 Å². The van der Waals surface area contributed by atoms with Crippen LogP contribution in [0, 0.1) is 0 Å². The molecule has 1 atom stereocenters. The molecule has 0 aliphatic carbocycles. The molecule has 1 fully saturated rings. The number of benzene rings is 1. The molecule has 1 aliphatic heterocycles. The Morgan fingerprint density at radius 1 is 1.29 bits per heavy atom. The van der Waals surface area contributed by atoms with Crippen LogP contribution in [0.5, 0.6) is 0 Å². The number of amides is 1. The lowest BCUT2D eigenvalue weighted by molar-refractivity contribution is -0.310. The SMILES string of the molecule is O=C([O-])[C@@H](Cc1ccccc1)N1C(=O)C(=Cc2ccco2)SC1=S. The number of furan rings is 1. The van der Waals surface area contributed by atoms with E-state index in [2.05, 4.69) is 0 Å². The van der Waals surface area contributed by atoms with Crippen LogP contribution in [0.1, 0.15) is 11.3 Å². The summed E-state index contributed by atoms with van der Waals surface area (Å²) < 4.78 is 5.38. The number of carboxylic acids is 1. The zero-order valence-corrected chi connectivity index (χ0v) is 14.0. The zero-order chi connectivity index (χ0) is 17.1. The molecular formula is C17H12NO4S2-. The van der Waals surface area contributed by atoms with E-state index in [0.29, 0.717) is 10.7 Å². The zero-order valence-electron chi connectivity index (χ0n) is 12.4. The van der Waals surface area contributed by atoms with Gasteiger partial charge in [0, 0.05) is 6.08 Å². The first-order valence-corrected chi connectivity index (χ1v) is 8.34. The number of hydrogen-bond donors (Lipinski definition) is 0. The lowest BCUT2D eigenvalue weighted by Crippen LogP contribution is -2.51. The molecule has 1 aromatic heterocycles. The quantitative estimate of drug-likeness (QED) is 0.600. The molecule has 24 heavy (non-hydrogen) atoms. The molecule has 3 rings (SSSR count). The fourth-order valence-corrected chi connectivity index (χ4v) is 3.71. The summed E-state index contributed by atoms with van der Waals surface area (Å²) in [5.74, 6) is -1.29. The summed E-state index contributed by atoms with van der Waals surface area (Å²) in [7, 11) is 0. The third-order valence-corrected chi connectivity index (χ3v) is 4.83. The van der Waals surface area contributed by atoms with Gasteiger partial charge in [0.15, 0.2) is 0 Å². The molecule has 7 heteroatoms. The fraction of sp³-hybridized carbons (Fsp3) is 0.118. The molecule has 0 spiro atoms. The van der Waals surface area contributed by atoms with Crippen LogP contribution in [0.15, 0.2) is 58.1 Å². The molecule has 1 amide bonds. The van der Waals surface area contributed by atoms with Crippen molar-refractivity contribution < 1.29 is 19.1 Å². The maximum absolute atomic E-state index is 12.6. The second-order valence-electron chi connectivity index (χ2n) is 5.09. The van der Waals surface area contributed by atoms with Gasteiger partial charge in [0.1, 0.15) is 10.1 Å². The van der Waals surface area contributed by atoms with Crippen molar-refractivity contribution in [1.82, 2.24) is 4.90 Å². The summed E-state index contributed by atoms with van der Waals surface area (Å²) in [5, 5.41) is 11.6. The second-order valence-corrected chi connectivity index (χ2v) is 6.77. The molecule has 2 aromatic rings. The highest BCUT2D eigenvalue weighted by Gasteiger charge is 2.38. The number of nitrogens with zero attached hydrogens (tertiary/aromatic N) is 1. The Morgan fingerprint density at radius 2 is 2.04 bits per heavy atom. The van der Waals surface area contributed by atoms with E-state index in [1.165, 1.54) is 6.26 Å². The minimum Gasteiger partial charge on any atom is -0.548 e. The van der Waals surface area contributed by atoms with E-state index in [1.807, 2.05) is 18.2 Å². The van der Waals surface area contributed by atoms with E-state index in [4.69, 9.17) is 16.6 Å². The topological polar surface area (TPSA) is 73.6 Å². The monoisotopic (exact) mass is 358 g/mol. The van der Waals surface area contributed by atoms with Crippen LogP contribution in [-0.4, -0.2) is 27.1 Å². The van der Waals surface area contributed by atoms with Crippen LogP contribution in [0.25, 0.3) is 6.08 Å². The predicted octanol–water partition coefficient (Wildman–Crippen LogP) is 1.84. The van der Waals surface area contributed by atoms with Gasteiger partial charge in [-0.3, -0.25) is 9.69 Å². The standard InChI is InChI=1S/C17H13NO4S2/c19-15-14(10-12-7-4-8-22-12)24-17(23)18(15)13(16(20)21)9-11-5-2-1-3-6-11/h1-8,10,13H,9H2,(H,20,21)/p-1/t13-/m1/s1. The molecule has 0 radical (unpaired) electrons. The Kier molecular flexibility index (Phi) is 4.82. The van der Waals surface area contributed by atoms with Gasteiger partial charge in [-0.25, -0.2) is 0 Å². The van der Waals surface area contributed by atoms with Gasteiger partial charge in [0.05, 0.1) is 23.2 Å². The number of carboxylic acid groups (broad SMARTS) is 1. The van der Waals surface area contributed by atoms with E-state index in [-0.39, 0.29) is 10.7 Å². The molecule has 0 saturated carbocycles. The van der Waals surface area contributed by atoms with E-state index >= 15 is 0 Å². The first-order chi connectivity index (χ1) is 11.6. The predicted molar refractivity (Wildman–Crippen MR) is 92.7 cm³/mol. The fourth-order valence-electron chi connectivity index (χ4n) is 2.37. The van der Waals surface area contributed by atoms with Crippen LogP contribution in [-0.2, 0) is 16.0 Å². The lowest BCUT2D eigenvalue weighted by Gasteiger charge is -2.27. The molecule has 1 aromatic carbocycles. The highest BCUT2D eigenvalue weighted by Crippen LogP contribution is 2.34. The first kappa shape index (κ1) is 16.5. The van der Waals surface area contributed by atoms with Crippen molar-refractivity contribution in [1.29, 1.82) is 0 Å². The largest absolute Gasteiger partial charge is 0.548 e. The summed E-state index contributed by atoms with van der Waals surface area (Å²) in [5.41, 5.74) is 0.788. The maximum Gasteiger partial charge on any atom is 0.266 e. The molecule has 1 aliphatic rings. The van der Waals surface area contributed by atoms with Gasteiger partial charge in [-0.15, -0.1) is 0 Å². The van der Waals surface area contributed by atoms with E-state index < -0.39 is 17.9 Å². The number of carbonyl (C=O) groups is 2. The van der Waals surface area contributed by atoms with Crippen molar-refractivity contribution in [2.75, 3.05) is 0 Å². The molecule has 0 unspecified atom stereocenters. The van der Waals surface area contributed by atoms with Crippen molar-refractivity contribution in [2.24, 2.45) is 0 Å². The summed E-state index contributed by atoms with van der Waals surface area (Å²) >= 11 is 6.26. The van der Waals surface area contributed by atoms with Gasteiger partial charge in [-0.1, -0.05) is 54.3 Å². The Labute approximate surface area is 148 Å². The maximum atomic E-state index is 12.6. The number of hydrogen-bond acceptors (Lipinski definition) is 6. The Balaban J connectivity index is 1.87. The normalized spacial score (nSPS) is 17.5. The number of carbonyl (C=O) groups excluding carboxylic acids is 2. The minimum absolute atomic E-state index is 0.129. The van der Waals surface area contributed by atoms with Crippen LogP contribution in [0.4, 0.5) is 0 Å². The van der Waals surface area contributed by atoms with Gasteiger partial charge < -0.3 is 14.3 Å². The first-order valence-electron chi connectivity index (χ1n) is 7.11. The Morgan fingerprint density at radius 3 is 2.67 bits per heavy atom. The van der Waals surface area contributed by atoms with Crippen molar-refractivity contribution in [3.05, 3.63) is 65.0 Å². The number of rotatable bonds is 5. The van der Waals surface area contributed by atoms with Gasteiger partial charge in [-0.2, -0.15) is 0 Å². The summed E-state index contributed by atoms with van der Waals surface area (Å²) in [6.45, 7) is 0. The van der Waals surface area contributed by atoms with Crippen molar-refractivity contribution >= 4 is 46.3 Å². The van der Waals surface area contributed by atoms with Crippen molar-refractivity contribution in [2.45, 2.75) is 12.5 Å². The van der Waals surface area contributed by atoms with Gasteiger partial charge in [-0.05, 0) is 24.1 Å². The van der Waals surface area contributed by atoms with Crippen LogP contribution >= 0.6 is 24.0 Å². The van der Waals surface area contributed by atoms with Crippen LogP contribution < -0.4 is 5.11 Å². The molecular weight excluding hydrogens is 346 g/mol. The third kappa shape index (κ3) is 3.42.